The van der Waals surface area contributed by atoms with Gasteiger partial charge in [-0.15, -0.1) is 0 Å². The van der Waals surface area contributed by atoms with Gasteiger partial charge in [0, 0.05) is 12.6 Å². The summed E-state index contributed by atoms with van der Waals surface area (Å²) < 4.78 is 21.9. The molecule has 0 bridgehead atoms. The van der Waals surface area contributed by atoms with Gasteiger partial charge in [0.05, 0.1) is 5.75 Å². The fraction of sp³-hybridized carbons (Fsp3) is 1.00. The first-order valence-corrected chi connectivity index (χ1v) is 7.63. The zero-order valence-corrected chi connectivity index (χ0v) is 10.8. The highest BCUT2D eigenvalue weighted by atomic mass is 32.2. The lowest BCUT2D eigenvalue weighted by molar-refractivity contribution is 0.149. The van der Waals surface area contributed by atoms with Gasteiger partial charge in [0.15, 0.2) is 0 Å². The van der Waals surface area contributed by atoms with Crippen molar-refractivity contribution in [2.45, 2.75) is 31.7 Å². The first-order valence-electron chi connectivity index (χ1n) is 5.92. The number of hydrogen-bond acceptors (Lipinski definition) is 4. The quantitative estimate of drug-likeness (QED) is 0.680. The molecule has 0 amide bonds. The number of rotatable bonds is 6. The highest BCUT2D eigenvalue weighted by Gasteiger charge is 2.22. The van der Waals surface area contributed by atoms with Crippen LogP contribution in [0, 0.1) is 0 Å². The van der Waals surface area contributed by atoms with Crippen molar-refractivity contribution in [1.82, 2.24) is 10.2 Å². The maximum Gasteiger partial charge on any atom is 0.210 e. The van der Waals surface area contributed by atoms with E-state index in [9.17, 15) is 8.42 Å². The molecule has 1 rings (SSSR count). The molecule has 1 unspecified atom stereocenters. The van der Waals surface area contributed by atoms with E-state index in [-0.39, 0.29) is 5.75 Å². The third-order valence-corrected chi connectivity index (χ3v) is 3.89. The van der Waals surface area contributed by atoms with Crippen LogP contribution in [-0.4, -0.2) is 51.8 Å². The minimum Gasteiger partial charge on any atom is -0.320 e. The molecule has 1 aliphatic heterocycles. The van der Waals surface area contributed by atoms with Crippen molar-refractivity contribution in [3.8, 4) is 0 Å². The lowest BCUT2D eigenvalue weighted by Gasteiger charge is -2.35. The third kappa shape index (κ3) is 5.25. The van der Waals surface area contributed by atoms with Crippen molar-refractivity contribution in [2.24, 2.45) is 5.14 Å². The van der Waals surface area contributed by atoms with E-state index in [2.05, 4.69) is 10.2 Å². The molecule has 6 heteroatoms. The van der Waals surface area contributed by atoms with Gasteiger partial charge in [-0.2, -0.15) is 0 Å². The van der Waals surface area contributed by atoms with Gasteiger partial charge in [-0.05, 0) is 39.4 Å². The molecule has 0 spiro atoms. The Balaban J connectivity index is 2.40. The van der Waals surface area contributed by atoms with E-state index in [0.717, 1.165) is 19.5 Å². The Morgan fingerprint density at radius 1 is 1.44 bits per heavy atom. The topological polar surface area (TPSA) is 75.4 Å². The standard InChI is InChI=1S/C10H23N3O2S/c1-12-6-5-10-4-2-3-7-13(10)8-9-16(11,14)15/h10,12H,2-9H2,1H3,(H2,11,14,15). The van der Waals surface area contributed by atoms with Crippen molar-refractivity contribution >= 4 is 10.0 Å². The van der Waals surface area contributed by atoms with Gasteiger partial charge >= 0.3 is 0 Å². The summed E-state index contributed by atoms with van der Waals surface area (Å²) in [7, 11) is -1.38. The fourth-order valence-corrected chi connectivity index (χ4v) is 2.73. The van der Waals surface area contributed by atoms with E-state index < -0.39 is 10.0 Å². The summed E-state index contributed by atoms with van der Waals surface area (Å²) in [5.41, 5.74) is 0. The molecular formula is C10H23N3O2S. The van der Waals surface area contributed by atoms with Gasteiger partial charge in [-0.25, -0.2) is 13.6 Å². The van der Waals surface area contributed by atoms with Crippen LogP contribution in [0.25, 0.3) is 0 Å². The molecule has 1 saturated heterocycles. The molecule has 1 heterocycles. The monoisotopic (exact) mass is 249 g/mol. The van der Waals surface area contributed by atoms with Crippen molar-refractivity contribution in [2.75, 3.05) is 32.4 Å². The zero-order chi connectivity index (χ0) is 12.0. The van der Waals surface area contributed by atoms with Crippen LogP contribution in [0.5, 0.6) is 0 Å². The summed E-state index contributed by atoms with van der Waals surface area (Å²) in [5.74, 6) is 0.0725. The first-order chi connectivity index (χ1) is 7.53. The molecule has 0 aliphatic carbocycles. The minimum absolute atomic E-state index is 0.0725. The molecule has 16 heavy (non-hydrogen) atoms. The maximum absolute atomic E-state index is 10.9. The van der Waals surface area contributed by atoms with E-state index >= 15 is 0 Å². The summed E-state index contributed by atoms with van der Waals surface area (Å²) in [4.78, 5) is 2.27. The van der Waals surface area contributed by atoms with Crippen LogP contribution in [0.3, 0.4) is 0 Å². The summed E-state index contributed by atoms with van der Waals surface area (Å²) in [6, 6.07) is 0.517. The molecule has 3 N–H and O–H groups in total. The number of nitrogens with one attached hydrogen (secondary N) is 1. The predicted octanol–water partition coefficient (Wildman–Crippen LogP) is -0.261. The predicted molar refractivity (Wildman–Crippen MR) is 65.7 cm³/mol. The second-order valence-corrected chi connectivity index (χ2v) is 6.18. The molecule has 1 atom stereocenters. The first kappa shape index (κ1) is 13.9. The minimum atomic E-state index is -3.32. The molecule has 96 valence electrons. The van der Waals surface area contributed by atoms with Crippen molar-refractivity contribution in [1.29, 1.82) is 0 Å². The molecule has 5 nitrogen and oxygen atoms in total. The lowest BCUT2D eigenvalue weighted by atomic mass is 9.99. The fourth-order valence-electron chi connectivity index (χ4n) is 2.24. The Bertz CT molecular complexity index is 292. The average molecular weight is 249 g/mol. The van der Waals surface area contributed by atoms with Crippen LogP contribution < -0.4 is 10.5 Å². The highest BCUT2D eigenvalue weighted by molar-refractivity contribution is 7.89. The van der Waals surface area contributed by atoms with Gasteiger partial charge in [-0.3, -0.25) is 4.90 Å². The number of likely N-dealkylation sites (tertiary alicyclic amines) is 1. The van der Waals surface area contributed by atoms with E-state index in [0.29, 0.717) is 12.6 Å². The van der Waals surface area contributed by atoms with Crippen LogP contribution >= 0.6 is 0 Å². The maximum atomic E-state index is 10.9. The molecule has 0 aromatic heterocycles. The SMILES string of the molecule is CNCCC1CCCCN1CCS(N)(=O)=O. The Kier molecular flexibility index (Phi) is 5.68. The van der Waals surface area contributed by atoms with Gasteiger partial charge in [0.2, 0.25) is 10.0 Å². The third-order valence-electron chi connectivity index (χ3n) is 3.14. The molecule has 0 saturated carbocycles. The van der Waals surface area contributed by atoms with E-state index in [1.807, 2.05) is 7.05 Å². The van der Waals surface area contributed by atoms with Gasteiger partial charge < -0.3 is 5.32 Å². The van der Waals surface area contributed by atoms with Crippen LogP contribution in [-0.2, 0) is 10.0 Å². The smallest absolute Gasteiger partial charge is 0.210 e. The Hall–Kier alpha value is -0.170. The summed E-state index contributed by atoms with van der Waals surface area (Å²) in [6.07, 6.45) is 4.67. The summed E-state index contributed by atoms with van der Waals surface area (Å²) >= 11 is 0. The molecule has 0 radical (unpaired) electrons. The number of hydrogen-bond donors (Lipinski definition) is 2. The second-order valence-electron chi connectivity index (χ2n) is 4.44. The number of primary sulfonamides is 1. The van der Waals surface area contributed by atoms with Gasteiger partial charge in [0.1, 0.15) is 0 Å². The largest absolute Gasteiger partial charge is 0.320 e. The van der Waals surface area contributed by atoms with Crippen molar-refractivity contribution in [3.05, 3.63) is 0 Å². The van der Waals surface area contributed by atoms with E-state index in [1.165, 1.54) is 19.3 Å². The Labute approximate surface area is 98.4 Å². The van der Waals surface area contributed by atoms with Crippen LogP contribution in [0.2, 0.25) is 0 Å². The zero-order valence-electron chi connectivity index (χ0n) is 9.98. The lowest BCUT2D eigenvalue weighted by Crippen LogP contribution is -2.43. The molecule has 0 aromatic rings. The number of sulfonamides is 1. The van der Waals surface area contributed by atoms with Gasteiger partial charge in [0.25, 0.3) is 0 Å². The molecular weight excluding hydrogens is 226 g/mol. The normalized spacial score (nSPS) is 23.5. The highest BCUT2D eigenvalue weighted by Crippen LogP contribution is 2.18. The second kappa shape index (κ2) is 6.54. The Morgan fingerprint density at radius 2 is 2.19 bits per heavy atom. The van der Waals surface area contributed by atoms with Crippen LogP contribution in [0.1, 0.15) is 25.7 Å². The number of nitrogens with two attached hydrogens (primary N) is 1. The number of piperidine rings is 1. The number of nitrogens with zero attached hydrogens (tertiary/aromatic N) is 1. The molecule has 1 fully saturated rings. The van der Waals surface area contributed by atoms with Crippen molar-refractivity contribution in [3.63, 3.8) is 0 Å². The summed E-state index contributed by atoms with van der Waals surface area (Å²) in [6.45, 7) is 2.56. The summed E-state index contributed by atoms with van der Waals surface area (Å²) in [5, 5.41) is 8.17. The van der Waals surface area contributed by atoms with Crippen molar-refractivity contribution < 1.29 is 8.42 Å². The van der Waals surface area contributed by atoms with E-state index in [1.54, 1.807) is 0 Å². The van der Waals surface area contributed by atoms with E-state index in [4.69, 9.17) is 5.14 Å². The van der Waals surface area contributed by atoms with Gasteiger partial charge in [-0.1, -0.05) is 6.42 Å². The molecule has 1 aliphatic rings. The van der Waals surface area contributed by atoms with Crippen LogP contribution in [0.4, 0.5) is 0 Å². The van der Waals surface area contributed by atoms with Crippen LogP contribution in [0.15, 0.2) is 0 Å². The Morgan fingerprint density at radius 3 is 2.81 bits per heavy atom. The average Bonchev–Trinajstić information content (AvgIpc) is 2.23. The molecule has 0 aromatic carbocycles.